The molecule has 2 fully saturated rings. The number of likely N-dealkylation sites (tertiary alicyclic amines) is 1. The fraction of sp³-hybridized carbons (Fsp3) is 0.579. The summed E-state index contributed by atoms with van der Waals surface area (Å²) in [4.78, 5) is 29.0. The van der Waals surface area contributed by atoms with Gasteiger partial charge in [0.05, 0.1) is 12.5 Å². The van der Waals surface area contributed by atoms with Gasteiger partial charge in [-0.1, -0.05) is 37.3 Å². The maximum absolute atomic E-state index is 12.7. The molecule has 25 heavy (non-hydrogen) atoms. The van der Waals surface area contributed by atoms with E-state index in [9.17, 15) is 9.59 Å². The molecule has 2 aliphatic rings. The second-order valence-corrected chi connectivity index (χ2v) is 7.02. The lowest BCUT2D eigenvalue weighted by Crippen LogP contribution is -2.56. The van der Waals surface area contributed by atoms with Gasteiger partial charge < -0.3 is 15.1 Å². The number of piperazine rings is 1. The van der Waals surface area contributed by atoms with Crippen molar-refractivity contribution in [2.45, 2.75) is 38.8 Å². The molecule has 2 saturated heterocycles. The molecule has 6 heteroatoms. The van der Waals surface area contributed by atoms with Crippen molar-refractivity contribution in [1.29, 1.82) is 0 Å². The minimum atomic E-state index is -0.380. The Balaban J connectivity index is 0.00000225. The van der Waals surface area contributed by atoms with Crippen molar-refractivity contribution in [3.05, 3.63) is 35.9 Å². The van der Waals surface area contributed by atoms with E-state index >= 15 is 0 Å². The molecule has 2 heterocycles. The van der Waals surface area contributed by atoms with Gasteiger partial charge in [-0.15, -0.1) is 12.4 Å². The topological polar surface area (TPSA) is 52.7 Å². The molecule has 1 N–H and O–H groups in total. The van der Waals surface area contributed by atoms with Crippen molar-refractivity contribution in [3.8, 4) is 0 Å². The minimum absolute atomic E-state index is 0. The zero-order chi connectivity index (χ0) is 16.9. The second kappa shape index (κ2) is 9.20. The Morgan fingerprint density at radius 2 is 1.84 bits per heavy atom. The van der Waals surface area contributed by atoms with E-state index in [-0.39, 0.29) is 36.7 Å². The van der Waals surface area contributed by atoms with Gasteiger partial charge in [-0.25, -0.2) is 0 Å². The van der Waals surface area contributed by atoms with E-state index in [1.807, 2.05) is 40.1 Å². The Kier molecular flexibility index (Phi) is 7.26. The molecule has 138 valence electrons. The van der Waals surface area contributed by atoms with Crippen LogP contribution in [0.3, 0.4) is 0 Å². The molecule has 2 aliphatic heterocycles. The Morgan fingerprint density at radius 3 is 2.52 bits per heavy atom. The van der Waals surface area contributed by atoms with Crippen LogP contribution in [0.4, 0.5) is 0 Å². The van der Waals surface area contributed by atoms with Crippen LogP contribution in [0.2, 0.25) is 0 Å². The number of carbonyl (C=O) groups is 2. The molecule has 0 aromatic heterocycles. The lowest BCUT2D eigenvalue weighted by Gasteiger charge is -2.35. The molecule has 2 amide bonds. The first-order valence-electron chi connectivity index (χ1n) is 8.97. The molecule has 0 spiro atoms. The number of rotatable bonds is 4. The molecule has 1 aromatic carbocycles. The first-order chi connectivity index (χ1) is 11.6. The van der Waals surface area contributed by atoms with Gasteiger partial charge in [-0.2, -0.15) is 0 Å². The number of hydrogen-bond donors (Lipinski definition) is 1. The van der Waals surface area contributed by atoms with E-state index in [4.69, 9.17) is 0 Å². The number of nitrogens with zero attached hydrogens (tertiary/aromatic N) is 2. The molecule has 0 aliphatic carbocycles. The van der Waals surface area contributed by atoms with Gasteiger partial charge in [0, 0.05) is 32.7 Å². The van der Waals surface area contributed by atoms with Crippen molar-refractivity contribution in [2.24, 2.45) is 5.92 Å². The van der Waals surface area contributed by atoms with Crippen LogP contribution in [0.5, 0.6) is 0 Å². The third-order valence-electron chi connectivity index (χ3n) is 5.11. The van der Waals surface area contributed by atoms with Gasteiger partial charge in [0.2, 0.25) is 11.8 Å². The molecule has 0 radical (unpaired) electrons. The second-order valence-electron chi connectivity index (χ2n) is 7.02. The zero-order valence-corrected chi connectivity index (χ0v) is 15.6. The van der Waals surface area contributed by atoms with Crippen LogP contribution in [-0.4, -0.2) is 53.8 Å². The van der Waals surface area contributed by atoms with Crippen molar-refractivity contribution in [3.63, 3.8) is 0 Å². The number of amides is 2. The van der Waals surface area contributed by atoms with Crippen LogP contribution >= 0.6 is 12.4 Å². The predicted octanol–water partition coefficient (Wildman–Crippen LogP) is 2.06. The summed E-state index contributed by atoms with van der Waals surface area (Å²) in [7, 11) is 0. The summed E-state index contributed by atoms with van der Waals surface area (Å²) in [6, 6.07) is 9.63. The summed E-state index contributed by atoms with van der Waals surface area (Å²) in [6.45, 7) is 5.94. The normalized spacial score (nSPS) is 21.8. The van der Waals surface area contributed by atoms with Crippen molar-refractivity contribution in [2.75, 3.05) is 26.2 Å². The first-order valence-corrected chi connectivity index (χ1v) is 8.97. The minimum Gasteiger partial charge on any atom is -0.343 e. The standard InChI is InChI=1S/C19H27N3O2.ClH/c1-15-7-10-21(11-8-15)18(23)13-17-19(24)22(12-9-20-17)14-16-5-3-2-4-6-16;/h2-6,15,17,20H,7-14H2,1H3;1H. The fourth-order valence-electron chi connectivity index (χ4n) is 3.47. The molecule has 1 aromatic rings. The lowest BCUT2D eigenvalue weighted by molar-refractivity contribution is -0.142. The lowest BCUT2D eigenvalue weighted by atomic mass is 9.98. The van der Waals surface area contributed by atoms with Crippen LogP contribution in [0.25, 0.3) is 0 Å². The maximum atomic E-state index is 12.7. The predicted molar refractivity (Wildman–Crippen MR) is 100 cm³/mol. The maximum Gasteiger partial charge on any atom is 0.240 e. The summed E-state index contributed by atoms with van der Waals surface area (Å²) in [5, 5.41) is 3.22. The van der Waals surface area contributed by atoms with Crippen LogP contribution in [0.15, 0.2) is 30.3 Å². The van der Waals surface area contributed by atoms with Gasteiger partial charge in [-0.3, -0.25) is 9.59 Å². The number of piperidine rings is 1. The summed E-state index contributed by atoms with van der Waals surface area (Å²) in [6.07, 6.45) is 2.41. The van der Waals surface area contributed by atoms with E-state index in [2.05, 4.69) is 12.2 Å². The van der Waals surface area contributed by atoms with E-state index < -0.39 is 0 Å². The number of nitrogens with one attached hydrogen (secondary N) is 1. The molecule has 3 rings (SSSR count). The third-order valence-corrected chi connectivity index (χ3v) is 5.11. The molecule has 0 saturated carbocycles. The van der Waals surface area contributed by atoms with Crippen molar-refractivity contribution in [1.82, 2.24) is 15.1 Å². The smallest absolute Gasteiger partial charge is 0.240 e. The molecule has 5 nitrogen and oxygen atoms in total. The molecular weight excluding hydrogens is 338 g/mol. The SMILES string of the molecule is CC1CCN(C(=O)CC2NCCN(Cc3ccccc3)C2=O)CC1.Cl. The van der Waals surface area contributed by atoms with Crippen molar-refractivity contribution >= 4 is 24.2 Å². The highest BCUT2D eigenvalue weighted by atomic mass is 35.5. The number of benzene rings is 1. The summed E-state index contributed by atoms with van der Waals surface area (Å²) in [5.41, 5.74) is 1.13. The van der Waals surface area contributed by atoms with Crippen LogP contribution in [0, 0.1) is 5.92 Å². The Hall–Kier alpha value is -1.59. The van der Waals surface area contributed by atoms with E-state index in [1.54, 1.807) is 0 Å². The Bertz CT molecular complexity index is 573. The third kappa shape index (κ3) is 5.19. The van der Waals surface area contributed by atoms with E-state index in [1.165, 1.54) is 0 Å². The van der Waals surface area contributed by atoms with Crippen LogP contribution in [0.1, 0.15) is 31.7 Å². The number of hydrogen-bond acceptors (Lipinski definition) is 3. The average Bonchev–Trinajstić information content (AvgIpc) is 2.60. The van der Waals surface area contributed by atoms with Gasteiger partial charge in [0.15, 0.2) is 0 Å². The van der Waals surface area contributed by atoms with Gasteiger partial charge in [0.1, 0.15) is 0 Å². The zero-order valence-electron chi connectivity index (χ0n) is 14.8. The monoisotopic (exact) mass is 365 g/mol. The quantitative estimate of drug-likeness (QED) is 0.888. The average molecular weight is 366 g/mol. The Labute approximate surface area is 156 Å². The highest BCUT2D eigenvalue weighted by molar-refractivity contribution is 5.89. The molecule has 1 unspecified atom stereocenters. The van der Waals surface area contributed by atoms with Gasteiger partial charge in [-0.05, 0) is 24.3 Å². The molecule has 1 atom stereocenters. The number of carbonyl (C=O) groups excluding carboxylic acids is 2. The highest BCUT2D eigenvalue weighted by Crippen LogP contribution is 2.18. The largest absolute Gasteiger partial charge is 0.343 e. The Morgan fingerprint density at radius 1 is 1.16 bits per heavy atom. The van der Waals surface area contributed by atoms with Crippen LogP contribution in [-0.2, 0) is 16.1 Å². The van der Waals surface area contributed by atoms with Gasteiger partial charge in [0.25, 0.3) is 0 Å². The molecular formula is C19H28ClN3O2. The fourth-order valence-corrected chi connectivity index (χ4v) is 3.47. The van der Waals surface area contributed by atoms with Crippen LogP contribution < -0.4 is 5.32 Å². The van der Waals surface area contributed by atoms with E-state index in [0.29, 0.717) is 19.0 Å². The molecule has 0 bridgehead atoms. The summed E-state index contributed by atoms with van der Waals surface area (Å²) >= 11 is 0. The summed E-state index contributed by atoms with van der Waals surface area (Å²) in [5.74, 6) is 0.850. The highest BCUT2D eigenvalue weighted by Gasteiger charge is 2.32. The van der Waals surface area contributed by atoms with Gasteiger partial charge >= 0.3 is 0 Å². The first kappa shape index (κ1) is 19.7. The number of halogens is 1. The van der Waals surface area contributed by atoms with E-state index in [0.717, 1.165) is 38.0 Å². The van der Waals surface area contributed by atoms with Crippen molar-refractivity contribution < 1.29 is 9.59 Å². The summed E-state index contributed by atoms with van der Waals surface area (Å²) < 4.78 is 0.